The van der Waals surface area contributed by atoms with Crippen LogP contribution in [-0.4, -0.2) is 53.9 Å². The molecule has 1 fully saturated rings. The third kappa shape index (κ3) is 2.67. The van der Waals surface area contributed by atoms with Crippen molar-refractivity contribution < 1.29 is 4.79 Å². The van der Waals surface area contributed by atoms with Crippen molar-refractivity contribution in [1.29, 1.82) is 0 Å². The van der Waals surface area contributed by atoms with Crippen molar-refractivity contribution in [1.82, 2.24) is 14.8 Å². The molecule has 1 amide bonds. The number of fused-ring (bicyclic) bond motifs is 1. The maximum atomic E-state index is 12.6. The topological polar surface area (TPSA) is 36.4 Å². The van der Waals surface area contributed by atoms with Gasteiger partial charge in [-0.25, -0.2) is 4.98 Å². The minimum absolute atomic E-state index is 0.191. The normalized spacial score (nSPS) is 24.3. The second-order valence-electron chi connectivity index (χ2n) is 5.67. The predicted molar refractivity (Wildman–Crippen MR) is 76.4 cm³/mol. The molecule has 19 heavy (non-hydrogen) atoms. The summed E-state index contributed by atoms with van der Waals surface area (Å²) in [6.45, 7) is 5.84. The number of piperazine rings is 1. The summed E-state index contributed by atoms with van der Waals surface area (Å²) >= 11 is 1.77. The molecule has 0 aromatic carbocycles. The highest BCUT2D eigenvalue weighted by atomic mass is 32.1. The molecule has 0 saturated carbocycles. The van der Waals surface area contributed by atoms with Crippen molar-refractivity contribution in [2.24, 2.45) is 5.92 Å². The molecule has 2 heterocycles. The lowest BCUT2D eigenvalue weighted by molar-refractivity contribution is -0.137. The van der Waals surface area contributed by atoms with Crippen molar-refractivity contribution >= 4 is 17.2 Å². The molecule has 5 heteroatoms. The number of hydrogen-bond donors (Lipinski definition) is 0. The summed E-state index contributed by atoms with van der Waals surface area (Å²) in [6, 6.07) is 0. The van der Waals surface area contributed by atoms with Gasteiger partial charge in [-0.3, -0.25) is 4.79 Å². The number of hydrogen-bond acceptors (Lipinski definition) is 4. The summed E-state index contributed by atoms with van der Waals surface area (Å²) in [5.74, 6) is 0.556. The van der Waals surface area contributed by atoms with Crippen molar-refractivity contribution in [3.05, 3.63) is 15.6 Å². The van der Waals surface area contributed by atoms with Crippen LogP contribution >= 0.6 is 11.3 Å². The van der Waals surface area contributed by atoms with Crippen LogP contribution in [0.25, 0.3) is 0 Å². The average molecular weight is 279 g/mol. The van der Waals surface area contributed by atoms with Crippen LogP contribution in [-0.2, 0) is 17.6 Å². The molecule has 1 aromatic rings. The lowest BCUT2D eigenvalue weighted by atomic mass is 9.90. The molecule has 1 saturated heterocycles. The van der Waals surface area contributed by atoms with E-state index in [1.807, 2.05) is 0 Å². The fraction of sp³-hybridized carbons (Fsp3) is 0.714. The summed E-state index contributed by atoms with van der Waals surface area (Å²) in [7, 11) is 2.12. The van der Waals surface area contributed by atoms with Gasteiger partial charge in [0.1, 0.15) is 0 Å². The highest BCUT2D eigenvalue weighted by Crippen LogP contribution is 2.30. The zero-order valence-corrected chi connectivity index (χ0v) is 12.5. The predicted octanol–water partition coefficient (Wildman–Crippen LogP) is 1.33. The van der Waals surface area contributed by atoms with Crippen molar-refractivity contribution in [2.45, 2.75) is 26.2 Å². The van der Waals surface area contributed by atoms with Gasteiger partial charge in [0.15, 0.2) is 0 Å². The molecule has 1 atom stereocenters. The van der Waals surface area contributed by atoms with Gasteiger partial charge >= 0.3 is 0 Å². The number of aromatic nitrogens is 1. The number of carbonyl (C=O) groups excluding carboxylic acids is 1. The van der Waals surface area contributed by atoms with Crippen LogP contribution in [0.2, 0.25) is 0 Å². The maximum Gasteiger partial charge on any atom is 0.226 e. The number of aryl methyl sites for hydroxylation is 2. The molecule has 0 spiro atoms. The van der Waals surface area contributed by atoms with Gasteiger partial charge < -0.3 is 9.80 Å². The van der Waals surface area contributed by atoms with Gasteiger partial charge in [-0.15, -0.1) is 11.3 Å². The first-order valence-electron chi connectivity index (χ1n) is 7.06. The van der Waals surface area contributed by atoms with Crippen LogP contribution in [0.5, 0.6) is 0 Å². The number of rotatable bonds is 1. The van der Waals surface area contributed by atoms with Crippen molar-refractivity contribution in [2.75, 3.05) is 33.2 Å². The standard InChI is InChI=1S/C14H21N3OS/c1-10-15-12-4-3-11(9-13(12)19-10)14(18)17-7-5-16(2)6-8-17/h11H,3-9H2,1-2H3. The first kappa shape index (κ1) is 13.1. The Morgan fingerprint density at radius 3 is 2.79 bits per heavy atom. The SMILES string of the molecule is Cc1nc2c(s1)CC(C(=O)N1CCN(C)CC1)CC2. The van der Waals surface area contributed by atoms with Gasteiger partial charge in [0.25, 0.3) is 0 Å². The molecule has 3 rings (SSSR count). The zero-order valence-electron chi connectivity index (χ0n) is 11.7. The second kappa shape index (κ2) is 5.21. The Balaban J connectivity index is 1.66. The van der Waals surface area contributed by atoms with Gasteiger partial charge in [0.05, 0.1) is 10.7 Å². The minimum Gasteiger partial charge on any atom is -0.340 e. The molecule has 1 aromatic heterocycles. The Hall–Kier alpha value is -0.940. The summed E-state index contributed by atoms with van der Waals surface area (Å²) in [5.41, 5.74) is 1.24. The first-order chi connectivity index (χ1) is 9.13. The van der Waals surface area contributed by atoms with E-state index in [2.05, 4.69) is 28.8 Å². The van der Waals surface area contributed by atoms with E-state index in [9.17, 15) is 4.79 Å². The lowest BCUT2D eigenvalue weighted by Gasteiger charge is -2.35. The van der Waals surface area contributed by atoms with Crippen molar-refractivity contribution in [3.8, 4) is 0 Å². The van der Waals surface area contributed by atoms with E-state index in [0.29, 0.717) is 5.91 Å². The molecule has 2 aliphatic rings. The van der Waals surface area contributed by atoms with Gasteiger partial charge in [0.2, 0.25) is 5.91 Å². The number of amides is 1. The van der Waals surface area contributed by atoms with E-state index >= 15 is 0 Å². The minimum atomic E-state index is 0.191. The molecule has 0 radical (unpaired) electrons. The Labute approximate surface area is 118 Å². The van der Waals surface area contributed by atoms with Crippen LogP contribution in [0.1, 0.15) is 22.0 Å². The average Bonchev–Trinajstić information content (AvgIpc) is 2.77. The molecule has 0 N–H and O–H groups in total. The summed E-state index contributed by atoms with van der Waals surface area (Å²) in [5, 5.41) is 1.14. The fourth-order valence-electron chi connectivity index (χ4n) is 3.00. The Morgan fingerprint density at radius 2 is 2.05 bits per heavy atom. The summed E-state index contributed by atoms with van der Waals surface area (Å²) in [6.07, 6.45) is 2.86. The van der Waals surface area contributed by atoms with E-state index in [-0.39, 0.29) is 5.92 Å². The molecule has 1 unspecified atom stereocenters. The second-order valence-corrected chi connectivity index (χ2v) is 6.96. The Morgan fingerprint density at radius 1 is 1.32 bits per heavy atom. The molecule has 4 nitrogen and oxygen atoms in total. The van der Waals surface area contributed by atoms with E-state index in [0.717, 1.165) is 50.4 Å². The molecule has 0 bridgehead atoms. The number of nitrogens with zero attached hydrogens (tertiary/aromatic N) is 3. The monoisotopic (exact) mass is 279 g/mol. The van der Waals surface area contributed by atoms with E-state index < -0.39 is 0 Å². The third-order valence-electron chi connectivity index (χ3n) is 4.21. The largest absolute Gasteiger partial charge is 0.340 e. The number of carbonyl (C=O) groups is 1. The van der Waals surface area contributed by atoms with E-state index in [4.69, 9.17) is 0 Å². The fourth-order valence-corrected chi connectivity index (χ4v) is 4.06. The van der Waals surface area contributed by atoms with Crippen LogP contribution < -0.4 is 0 Å². The van der Waals surface area contributed by atoms with E-state index in [1.165, 1.54) is 10.6 Å². The highest BCUT2D eigenvalue weighted by Gasteiger charge is 2.31. The van der Waals surface area contributed by atoms with Gasteiger partial charge in [-0.2, -0.15) is 0 Å². The molecular weight excluding hydrogens is 258 g/mol. The zero-order chi connectivity index (χ0) is 13.4. The lowest BCUT2D eigenvalue weighted by Crippen LogP contribution is -2.49. The Bertz CT molecular complexity index is 477. The van der Waals surface area contributed by atoms with Crippen LogP contribution in [0.3, 0.4) is 0 Å². The quantitative estimate of drug-likeness (QED) is 0.778. The van der Waals surface area contributed by atoms with Crippen LogP contribution in [0.15, 0.2) is 0 Å². The maximum absolute atomic E-state index is 12.6. The molecular formula is C14H21N3OS. The summed E-state index contributed by atoms with van der Waals surface area (Å²) in [4.78, 5) is 22.8. The molecule has 1 aliphatic carbocycles. The van der Waals surface area contributed by atoms with E-state index in [1.54, 1.807) is 11.3 Å². The number of thiazole rings is 1. The van der Waals surface area contributed by atoms with Gasteiger partial charge in [0, 0.05) is 37.0 Å². The van der Waals surface area contributed by atoms with Crippen LogP contribution in [0.4, 0.5) is 0 Å². The van der Waals surface area contributed by atoms with Gasteiger partial charge in [-0.1, -0.05) is 0 Å². The number of likely N-dealkylation sites (N-methyl/N-ethyl adjacent to an activating group) is 1. The first-order valence-corrected chi connectivity index (χ1v) is 7.87. The van der Waals surface area contributed by atoms with Crippen LogP contribution in [0, 0.1) is 12.8 Å². The van der Waals surface area contributed by atoms with Crippen molar-refractivity contribution in [3.63, 3.8) is 0 Å². The third-order valence-corrected chi connectivity index (χ3v) is 5.25. The molecule has 104 valence electrons. The van der Waals surface area contributed by atoms with Gasteiger partial charge in [-0.05, 0) is 33.2 Å². The smallest absolute Gasteiger partial charge is 0.226 e. The highest BCUT2D eigenvalue weighted by molar-refractivity contribution is 7.11. The molecule has 1 aliphatic heterocycles. The Kier molecular flexibility index (Phi) is 3.58. The summed E-state index contributed by atoms with van der Waals surface area (Å²) < 4.78 is 0.